The second-order valence-electron chi connectivity index (χ2n) is 10.4. The van der Waals surface area contributed by atoms with E-state index in [-0.39, 0.29) is 16.6 Å². The molecule has 1 atom stereocenters. The SMILES string of the molecule is C[C@H](CNC1CCC(O[Si](C)(C)C(C)(C)C)CC1)N(C(=O)O)C(C)(C)C. The minimum absolute atomic E-state index is 0.0475. The van der Waals surface area contributed by atoms with Crippen LogP contribution in [0.2, 0.25) is 18.1 Å². The van der Waals surface area contributed by atoms with Gasteiger partial charge in [-0.3, -0.25) is 4.90 Å². The van der Waals surface area contributed by atoms with E-state index in [9.17, 15) is 9.90 Å². The van der Waals surface area contributed by atoms with E-state index in [1.54, 1.807) is 4.90 Å². The third-order valence-electron chi connectivity index (χ3n) is 6.01. The summed E-state index contributed by atoms with van der Waals surface area (Å²) in [7, 11) is -1.69. The van der Waals surface area contributed by atoms with Gasteiger partial charge in [-0.25, -0.2) is 4.79 Å². The second-order valence-corrected chi connectivity index (χ2v) is 15.2. The Labute approximate surface area is 162 Å². The Morgan fingerprint density at radius 2 is 1.65 bits per heavy atom. The molecule has 1 rings (SSSR count). The number of amides is 1. The van der Waals surface area contributed by atoms with Crippen molar-refractivity contribution in [2.24, 2.45) is 0 Å². The monoisotopic (exact) mass is 386 g/mol. The molecule has 0 aromatic rings. The van der Waals surface area contributed by atoms with E-state index < -0.39 is 14.4 Å². The highest BCUT2D eigenvalue weighted by Crippen LogP contribution is 2.39. The highest BCUT2D eigenvalue weighted by Gasteiger charge is 2.40. The molecule has 0 bridgehead atoms. The maximum Gasteiger partial charge on any atom is 0.408 e. The van der Waals surface area contributed by atoms with Gasteiger partial charge in [0.25, 0.3) is 0 Å². The van der Waals surface area contributed by atoms with Gasteiger partial charge in [0.05, 0.1) is 0 Å². The first-order valence-corrected chi connectivity index (χ1v) is 13.0. The van der Waals surface area contributed by atoms with Gasteiger partial charge in [-0.15, -0.1) is 0 Å². The lowest BCUT2D eigenvalue weighted by Crippen LogP contribution is -2.54. The molecule has 1 amide bonds. The summed E-state index contributed by atoms with van der Waals surface area (Å²) in [5.74, 6) is 0. The normalized spacial score (nSPS) is 23.6. The second kappa shape index (κ2) is 8.61. The minimum atomic E-state index is -1.69. The zero-order valence-corrected chi connectivity index (χ0v) is 19.5. The van der Waals surface area contributed by atoms with Crippen LogP contribution in [0.4, 0.5) is 4.79 Å². The van der Waals surface area contributed by atoms with Gasteiger partial charge in [-0.1, -0.05) is 20.8 Å². The Morgan fingerprint density at radius 1 is 1.15 bits per heavy atom. The van der Waals surface area contributed by atoms with Gasteiger partial charge >= 0.3 is 6.09 Å². The van der Waals surface area contributed by atoms with Gasteiger partial charge in [0.15, 0.2) is 8.32 Å². The Kier molecular flexibility index (Phi) is 7.77. The first-order valence-electron chi connectivity index (χ1n) is 10.1. The van der Waals surface area contributed by atoms with Gasteiger partial charge in [-0.05, 0) is 71.5 Å². The van der Waals surface area contributed by atoms with Gasteiger partial charge in [0.1, 0.15) is 0 Å². The summed E-state index contributed by atoms with van der Waals surface area (Å²) < 4.78 is 6.56. The van der Waals surface area contributed by atoms with E-state index in [1.807, 2.05) is 27.7 Å². The van der Waals surface area contributed by atoms with Gasteiger partial charge in [0, 0.05) is 30.3 Å². The van der Waals surface area contributed by atoms with Crippen LogP contribution in [0.3, 0.4) is 0 Å². The molecule has 2 N–H and O–H groups in total. The third-order valence-corrected chi connectivity index (χ3v) is 10.5. The Hall–Kier alpha value is -0.593. The summed E-state index contributed by atoms with van der Waals surface area (Å²) in [5, 5.41) is 13.4. The van der Waals surface area contributed by atoms with Crippen LogP contribution in [0, 0.1) is 0 Å². The van der Waals surface area contributed by atoms with Crippen molar-refractivity contribution in [2.45, 2.75) is 116 Å². The predicted molar refractivity (Wildman–Crippen MR) is 111 cm³/mol. The lowest BCUT2D eigenvalue weighted by Gasteiger charge is -2.42. The fraction of sp³-hybridized carbons (Fsp3) is 0.950. The van der Waals surface area contributed by atoms with Crippen molar-refractivity contribution in [2.75, 3.05) is 6.54 Å². The van der Waals surface area contributed by atoms with Crippen LogP contribution in [-0.4, -0.2) is 54.7 Å². The summed E-state index contributed by atoms with van der Waals surface area (Å²) in [4.78, 5) is 13.1. The van der Waals surface area contributed by atoms with E-state index in [4.69, 9.17) is 4.43 Å². The van der Waals surface area contributed by atoms with Crippen LogP contribution in [0.5, 0.6) is 0 Å². The highest BCUT2D eigenvalue weighted by molar-refractivity contribution is 6.74. The molecule has 0 aromatic carbocycles. The molecule has 1 aliphatic rings. The molecule has 0 heterocycles. The van der Waals surface area contributed by atoms with Crippen molar-refractivity contribution in [3.8, 4) is 0 Å². The van der Waals surface area contributed by atoms with Crippen molar-refractivity contribution in [1.82, 2.24) is 10.2 Å². The van der Waals surface area contributed by atoms with Crippen molar-refractivity contribution in [3.05, 3.63) is 0 Å². The number of carbonyl (C=O) groups is 1. The standard InChI is InChI=1S/C20H42N2O3Si/c1-15(22(18(23)24)19(2,3)4)14-21-16-10-12-17(13-11-16)25-26(8,9)20(5,6)7/h15-17,21H,10-14H2,1-9H3,(H,23,24)/t15-,16?,17?/m1/s1. The average Bonchev–Trinajstić information content (AvgIpc) is 2.43. The molecule has 0 spiro atoms. The molecular weight excluding hydrogens is 344 g/mol. The fourth-order valence-electron chi connectivity index (χ4n) is 3.54. The molecule has 0 radical (unpaired) electrons. The molecule has 0 saturated heterocycles. The van der Waals surface area contributed by atoms with Crippen LogP contribution in [0.1, 0.15) is 74.1 Å². The number of hydrogen-bond acceptors (Lipinski definition) is 3. The maximum atomic E-state index is 11.6. The first kappa shape index (κ1) is 23.4. The molecular formula is C20H42N2O3Si. The maximum absolute atomic E-state index is 11.6. The largest absolute Gasteiger partial charge is 0.465 e. The smallest absolute Gasteiger partial charge is 0.408 e. The van der Waals surface area contributed by atoms with E-state index in [0.717, 1.165) is 25.7 Å². The van der Waals surface area contributed by atoms with Crippen molar-refractivity contribution in [1.29, 1.82) is 0 Å². The molecule has 1 aliphatic carbocycles. The number of nitrogens with one attached hydrogen (secondary N) is 1. The number of hydrogen-bond donors (Lipinski definition) is 2. The Morgan fingerprint density at radius 3 is 2.04 bits per heavy atom. The van der Waals surface area contributed by atoms with Crippen molar-refractivity contribution in [3.63, 3.8) is 0 Å². The third kappa shape index (κ3) is 6.53. The molecule has 6 heteroatoms. The highest BCUT2D eigenvalue weighted by atomic mass is 28.4. The van der Waals surface area contributed by atoms with Gasteiger partial charge in [-0.2, -0.15) is 0 Å². The molecule has 154 valence electrons. The average molecular weight is 387 g/mol. The summed E-state index contributed by atoms with van der Waals surface area (Å²) >= 11 is 0. The van der Waals surface area contributed by atoms with Crippen LogP contribution in [0.25, 0.3) is 0 Å². The summed E-state index contributed by atoms with van der Waals surface area (Å²) in [5.41, 5.74) is -0.387. The van der Waals surface area contributed by atoms with E-state index in [2.05, 4.69) is 39.2 Å². The summed E-state index contributed by atoms with van der Waals surface area (Å²) in [6, 6.07) is 0.418. The van der Waals surface area contributed by atoms with E-state index in [1.165, 1.54) is 0 Å². The van der Waals surface area contributed by atoms with Crippen molar-refractivity contribution < 1.29 is 14.3 Å². The quantitative estimate of drug-likeness (QED) is 0.625. The molecule has 26 heavy (non-hydrogen) atoms. The van der Waals surface area contributed by atoms with Gasteiger partial charge in [0.2, 0.25) is 0 Å². The predicted octanol–water partition coefficient (Wildman–Crippen LogP) is 5.08. The van der Waals surface area contributed by atoms with Crippen molar-refractivity contribution >= 4 is 14.4 Å². The molecule has 1 saturated carbocycles. The molecule has 5 nitrogen and oxygen atoms in total. The molecule has 0 aliphatic heterocycles. The van der Waals surface area contributed by atoms with Crippen LogP contribution in [0.15, 0.2) is 0 Å². The Bertz CT molecular complexity index is 461. The molecule has 1 fully saturated rings. The van der Waals surface area contributed by atoms with Crippen LogP contribution < -0.4 is 5.32 Å². The lowest BCUT2D eigenvalue weighted by molar-refractivity contribution is 0.0721. The lowest BCUT2D eigenvalue weighted by atomic mass is 9.93. The zero-order chi connectivity index (χ0) is 20.3. The molecule has 0 unspecified atom stereocenters. The Balaban J connectivity index is 2.47. The number of carboxylic acid groups (broad SMARTS) is 1. The fourth-order valence-corrected chi connectivity index (χ4v) is 4.97. The topological polar surface area (TPSA) is 61.8 Å². The zero-order valence-electron chi connectivity index (χ0n) is 18.5. The molecule has 0 aromatic heterocycles. The van der Waals surface area contributed by atoms with E-state index in [0.29, 0.717) is 18.7 Å². The van der Waals surface area contributed by atoms with Gasteiger partial charge < -0.3 is 14.8 Å². The summed E-state index contributed by atoms with van der Waals surface area (Å²) in [6.45, 7) is 20.0. The van der Waals surface area contributed by atoms with E-state index >= 15 is 0 Å². The first-order chi connectivity index (χ1) is 11.6. The minimum Gasteiger partial charge on any atom is -0.465 e. The summed E-state index contributed by atoms with van der Waals surface area (Å²) in [6.07, 6.45) is 3.94. The van der Waals surface area contributed by atoms with Crippen LogP contribution >= 0.6 is 0 Å². The number of nitrogens with zero attached hydrogens (tertiary/aromatic N) is 1. The number of rotatable bonds is 6. The van der Waals surface area contributed by atoms with Crippen LogP contribution in [-0.2, 0) is 4.43 Å².